The molecule has 20 heavy (non-hydrogen) atoms. The number of hydrogen-bond acceptors (Lipinski definition) is 3. The fraction of sp³-hybridized carbons (Fsp3) is 0.562. The van der Waals surface area contributed by atoms with E-state index in [1.165, 1.54) is 0 Å². The molecule has 0 aliphatic heterocycles. The van der Waals surface area contributed by atoms with E-state index in [0.717, 1.165) is 18.4 Å². The van der Waals surface area contributed by atoms with Crippen molar-refractivity contribution in [3.8, 4) is 0 Å². The molecule has 3 N–H and O–H groups in total. The zero-order valence-electron chi connectivity index (χ0n) is 12.7. The van der Waals surface area contributed by atoms with Crippen molar-refractivity contribution >= 4 is 11.1 Å². The summed E-state index contributed by atoms with van der Waals surface area (Å²) >= 11 is 0. The molecule has 0 spiro atoms. The summed E-state index contributed by atoms with van der Waals surface area (Å²) < 4.78 is 5.08. The molecule has 1 heterocycles. The van der Waals surface area contributed by atoms with Crippen LogP contribution in [0.15, 0.2) is 27.4 Å². The Kier molecular flexibility index (Phi) is 4.04. The molecule has 4 nitrogen and oxygen atoms in total. The van der Waals surface area contributed by atoms with Crippen molar-refractivity contribution in [3.05, 3.63) is 34.3 Å². The molecule has 2 atom stereocenters. The van der Waals surface area contributed by atoms with Crippen molar-refractivity contribution in [1.82, 2.24) is 4.98 Å². The van der Waals surface area contributed by atoms with Gasteiger partial charge in [0.05, 0.1) is 5.52 Å². The first-order chi connectivity index (χ1) is 9.24. The normalized spacial score (nSPS) is 15.4. The van der Waals surface area contributed by atoms with E-state index in [2.05, 4.69) is 32.7 Å². The van der Waals surface area contributed by atoms with E-state index in [1.807, 2.05) is 18.2 Å². The summed E-state index contributed by atoms with van der Waals surface area (Å²) in [6.45, 7) is 8.97. The van der Waals surface area contributed by atoms with Crippen LogP contribution in [0.4, 0.5) is 0 Å². The standard InChI is InChI=1S/C16H24N2O2/c1-10(9-16(2,3)4)7-12(17)11-5-6-13-14(8-11)20-15(19)18-13/h5-6,8,10,12H,7,9,17H2,1-4H3,(H,18,19). The molecule has 0 radical (unpaired) electrons. The fourth-order valence-electron chi connectivity index (χ4n) is 2.89. The van der Waals surface area contributed by atoms with Gasteiger partial charge >= 0.3 is 5.76 Å². The summed E-state index contributed by atoms with van der Waals surface area (Å²) in [5, 5.41) is 0. The van der Waals surface area contributed by atoms with E-state index >= 15 is 0 Å². The van der Waals surface area contributed by atoms with Crippen molar-refractivity contribution in [2.75, 3.05) is 0 Å². The first-order valence-electron chi connectivity index (χ1n) is 7.13. The third kappa shape index (κ3) is 3.73. The van der Waals surface area contributed by atoms with Crippen LogP contribution in [-0.2, 0) is 0 Å². The van der Waals surface area contributed by atoms with Crippen LogP contribution >= 0.6 is 0 Å². The van der Waals surface area contributed by atoms with E-state index < -0.39 is 5.76 Å². The molecule has 0 bridgehead atoms. The van der Waals surface area contributed by atoms with E-state index in [4.69, 9.17) is 10.2 Å². The van der Waals surface area contributed by atoms with Gasteiger partial charge < -0.3 is 10.2 Å². The van der Waals surface area contributed by atoms with Crippen molar-refractivity contribution in [2.24, 2.45) is 17.1 Å². The lowest BCUT2D eigenvalue weighted by atomic mass is 9.82. The van der Waals surface area contributed by atoms with Crippen LogP contribution in [-0.4, -0.2) is 4.98 Å². The Bertz CT molecular complexity index is 634. The summed E-state index contributed by atoms with van der Waals surface area (Å²) in [4.78, 5) is 13.8. The average molecular weight is 276 g/mol. The third-order valence-electron chi connectivity index (χ3n) is 3.49. The summed E-state index contributed by atoms with van der Waals surface area (Å²) in [5.74, 6) is 0.130. The number of fused-ring (bicyclic) bond motifs is 1. The minimum absolute atomic E-state index is 0.0306. The number of aromatic nitrogens is 1. The Labute approximate surface area is 119 Å². The Morgan fingerprint density at radius 2 is 2.05 bits per heavy atom. The van der Waals surface area contributed by atoms with Crippen LogP contribution in [0.5, 0.6) is 0 Å². The number of oxazole rings is 1. The second-order valence-electron chi connectivity index (χ2n) is 6.98. The summed E-state index contributed by atoms with van der Waals surface area (Å²) in [5.41, 5.74) is 8.91. The van der Waals surface area contributed by atoms with Gasteiger partial charge in [0.25, 0.3) is 0 Å². The van der Waals surface area contributed by atoms with E-state index in [0.29, 0.717) is 22.4 Å². The molecule has 1 aromatic heterocycles. The van der Waals surface area contributed by atoms with E-state index in [9.17, 15) is 4.79 Å². The van der Waals surface area contributed by atoms with Crippen molar-refractivity contribution in [3.63, 3.8) is 0 Å². The molecule has 0 aliphatic carbocycles. The van der Waals surface area contributed by atoms with Crippen LogP contribution < -0.4 is 11.5 Å². The fourth-order valence-corrected chi connectivity index (χ4v) is 2.89. The highest BCUT2D eigenvalue weighted by molar-refractivity contribution is 5.72. The number of hydrogen-bond donors (Lipinski definition) is 2. The molecule has 0 amide bonds. The summed E-state index contributed by atoms with van der Waals surface area (Å²) in [6.07, 6.45) is 2.07. The van der Waals surface area contributed by atoms with E-state index in [-0.39, 0.29) is 6.04 Å². The van der Waals surface area contributed by atoms with Gasteiger partial charge in [-0.2, -0.15) is 0 Å². The Balaban J connectivity index is 2.10. The Morgan fingerprint density at radius 1 is 1.35 bits per heavy atom. The number of rotatable bonds is 4. The predicted octanol–water partition coefficient (Wildman–Crippen LogP) is 3.58. The van der Waals surface area contributed by atoms with Gasteiger partial charge in [0.2, 0.25) is 0 Å². The van der Waals surface area contributed by atoms with Gasteiger partial charge in [0.15, 0.2) is 5.58 Å². The van der Waals surface area contributed by atoms with Gasteiger partial charge in [0.1, 0.15) is 0 Å². The molecule has 2 unspecified atom stereocenters. The lowest BCUT2D eigenvalue weighted by Crippen LogP contribution is -2.18. The van der Waals surface area contributed by atoms with Gasteiger partial charge in [-0.05, 0) is 41.9 Å². The number of nitrogens with one attached hydrogen (secondary N) is 1. The van der Waals surface area contributed by atoms with Crippen molar-refractivity contribution in [2.45, 2.75) is 46.6 Å². The zero-order valence-corrected chi connectivity index (χ0v) is 12.7. The number of aromatic amines is 1. The minimum atomic E-state index is -0.424. The van der Waals surface area contributed by atoms with Crippen LogP contribution in [0.2, 0.25) is 0 Å². The minimum Gasteiger partial charge on any atom is -0.408 e. The van der Waals surface area contributed by atoms with Crippen LogP contribution in [0.1, 0.15) is 52.1 Å². The predicted molar refractivity (Wildman–Crippen MR) is 81.6 cm³/mol. The molecule has 4 heteroatoms. The van der Waals surface area contributed by atoms with Gasteiger partial charge in [-0.1, -0.05) is 33.8 Å². The Morgan fingerprint density at radius 3 is 2.70 bits per heavy atom. The summed E-state index contributed by atoms with van der Waals surface area (Å²) in [7, 11) is 0. The second-order valence-corrected chi connectivity index (χ2v) is 6.98. The van der Waals surface area contributed by atoms with Crippen molar-refractivity contribution < 1.29 is 4.42 Å². The molecule has 0 saturated carbocycles. The monoisotopic (exact) mass is 276 g/mol. The lowest BCUT2D eigenvalue weighted by molar-refractivity contribution is 0.286. The Hall–Kier alpha value is -1.55. The maximum absolute atomic E-state index is 11.2. The van der Waals surface area contributed by atoms with Gasteiger partial charge in [0, 0.05) is 6.04 Å². The smallest absolute Gasteiger partial charge is 0.408 e. The maximum atomic E-state index is 11.2. The SMILES string of the molecule is CC(CC(N)c1ccc2[nH]c(=O)oc2c1)CC(C)(C)C. The molecule has 0 fully saturated rings. The highest BCUT2D eigenvalue weighted by Crippen LogP contribution is 2.30. The largest absolute Gasteiger partial charge is 0.417 e. The highest BCUT2D eigenvalue weighted by Gasteiger charge is 2.18. The molecule has 2 rings (SSSR count). The lowest BCUT2D eigenvalue weighted by Gasteiger charge is -2.25. The second kappa shape index (κ2) is 5.44. The first-order valence-corrected chi connectivity index (χ1v) is 7.13. The molecule has 2 aromatic rings. The molecular formula is C16H24N2O2. The van der Waals surface area contributed by atoms with Gasteiger partial charge in [-0.15, -0.1) is 0 Å². The number of H-pyrrole nitrogens is 1. The summed E-state index contributed by atoms with van der Waals surface area (Å²) in [6, 6.07) is 5.64. The highest BCUT2D eigenvalue weighted by atomic mass is 16.4. The van der Waals surface area contributed by atoms with E-state index in [1.54, 1.807) is 0 Å². The van der Waals surface area contributed by atoms with Crippen LogP contribution in [0.3, 0.4) is 0 Å². The topological polar surface area (TPSA) is 72.0 Å². The molecule has 0 aliphatic rings. The molecular weight excluding hydrogens is 252 g/mol. The zero-order chi connectivity index (χ0) is 14.9. The first kappa shape index (κ1) is 14.9. The molecule has 110 valence electrons. The number of benzene rings is 1. The van der Waals surface area contributed by atoms with Gasteiger partial charge in [-0.25, -0.2) is 4.79 Å². The third-order valence-corrected chi connectivity index (χ3v) is 3.49. The number of nitrogens with two attached hydrogens (primary N) is 1. The van der Waals surface area contributed by atoms with Crippen molar-refractivity contribution in [1.29, 1.82) is 0 Å². The quantitative estimate of drug-likeness (QED) is 0.896. The molecule has 0 saturated heterocycles. The van der Waals surface area contributed by atoms with Crippen LogP contribution in [0.25, 0.3) is 11.1 Å². The maximum Gasteiger partial charge on any atom is 0.417 e. The molecule has 1 aromatic carbocycles. The van der Waals surface area contributed by atoms with Gasteiger partial charge in [-0.3, -0.25) is 4.98 Å². The average Bonchev–Trinajstić information content (AvgIpc) is 2.64. The van der Waals surface area contributed by atoms with Crippen LogP contribution in [0, 0.1) is 11.3 Å².